The summed E-state index contributed by atoms with van der Waals surface area (Å²) in [6.07, 6.45) is 1.11. The van der Waals surface area contributed by atoms with Crippen LogP contribution in [0.1, 0.15) is 24.2 Å². The van der Waals surface area contributed by atoms with Gasteiger partial charge in [-0.1, -0.05) is 54.6 Å². The molecule has 0 saturated heterocycles. The highest BCUT2D eigenvalue weighted by Crippen LogP contribution is 2.20. The maximum Gasteiger partial charge on any atom is 0.261 e. The summed E-state index contributed by atoms with van der Waals surface area (Å²) in [5.74, 6) is 0.475. The minimum absolute atomic E-state index is 0.191. The predicted octanol–water partition coefficient (Wildman–Crippen LogP) is 3.75. The number of nitrogens with zero attached hydrogens (tertiary/aromatic N) is 1. The van der Waals surface area contributed by atoms with Gasteiger partial charge in [0, 0.05) is 6.20 Å². The van der Waals surface area contributed by atoms with Crippen LogP contribution in [0.15, 0.2) is 85.1 Å². The summed E-state index contributed by atoms with van der Waals surface area (Å²) < 4.78 is 5.72. The molecule has 0 bridgehead atoms. The van der Waals surface area contributed by atoms with Gasteiger partial charge in [0.25, 0.3) is 5.91 Å². The first kappa shape index (κ1) is 16.7. The monoisotopic (exact) mass is 332 g/mol. The summed E-state index contributed by atoms with van der Waals surface area (Å²) in [7, 11) is 0. The first-order valence-electron chi connectivity index (χ1n) is 8.22. The van der Waals surface area contributed by atoms with Crippen molar-refractivity contribution in [3.63, 3.8) is 0 Å². The van der Waals surface area contributed by atoms with E-state index >= 15 is 0 Å². The fraction of sp³-hybridized carbons (Fsp3) is 0.143. The highest BCUT2D eigenvalue weighted by molar-refractivity contribution is 5.81. The summed E-state index contributed by atoms with van der Waals surface area (Å²) in [4.78, 5) is 17.0. The molecule has 1 heterocycles. The SMILES string of the molecule is C[C@H](Oc1ccccc1)C(=O)N[C@@H](c1ccccc1)c1ccccn1. The number of pyridine rings is 1. The summed E-state index contributed by atoms with van der Waals surface area (Å²) in [5, 5.41) is 3.04. The van der Waals surface area contributed by atoms with E-state index in [1.165, 1.54) is 0 Å². The topological polar surface area (TPSA) is 51.2 Å². The number of carbonyl (C=O) groups excluding carboxylic acids is 1. The Bertz CT molecular complexity index is 752. The molecule has 1 amide bonds. The molecular weight excluding hydrogens is 312 g/mol. The van der Waals surface area contributed by atoms with Crippen LogP contribution in [0, 0.1) is 0 Å². The number of hydrogen-bond acceptors (Lipinski definition) is 3. The summed E-state index contributed by atoms with van der Waals surface area (Å²) in [6, 6.07) is 24.5. The van der Waals surface area contributed by atoms with E-state index in [9.17, 15) is 4.79 Å². The third kappa shape index (κ3) is 4.44. The lowest BCUT2D eigenvalue weighted by Crippen LogP contribution is -2.39. The average molecular weight is 332 g/mol. The van der Waals surface area contributed by atoms with Crippen LogP contribution >= 0.6 is 0 Å². The smallest absolute Gasteiger partial charge is 0.261 e. The zero-order valence-electron chi connectivity index (χ0n) is 14.0. The second-order valence-corrected chi connectivity index (χ2v) is 5.68. The van der Waals surface area contributed by atoms with Crippen LogP contribution in [-0.4, -0.2) is 17.0 Å². The Morgan fingerprint density at radius 2 is 1.56 bits per heavy atom. The number of rotatable bonds is 6. The van der Waals surface area contributed by atoms with Crippen LogP contribution in [0.4, 0.5) is 0 Å². The van der Waals surface area contributed by atoms with Crippen molar-refractivity contribution in [2.24, 2.45) is 0 Å². The summed E-state index contributed by atoms with van der Waals surface area (Å²) in [6.45, 7) is 1.74. The molecular formula is C21H20N2O2. The molecule has 0 aliphatic carbocycles. The lowest BCUT2D eigenvalue weighted by molar-refractivity contribution is -0.127. The molecule has 126 valence electrons. The third-order valence-corrected chi connectivity index (χ3v) is 3.83. The van der Waals surface area contributed by atoms with Gasteiger partial charge in [-0.15, -0.1) is 0 Å². The van der Waals surface area contributed by atoms with Crippen LogP contribution in [0.2, 0.25) is 0 Å². The van der Waals surface area contributed by atoms with Crippen molar-refractivity contribution in [3.8, 4) is 5.75 Å². The maximum absolute atomic E-state index is 12.6. The Hall–Kier alpha value is -3.14. The van der Waals surface area contributed by atoms with Gasteiger partial charge >= 0.3 is 0 Å². The normalized spacial score (nSPS) is 12.8. The van der Waals surface area contributed by atoms with Crippen molar-refractivity contribution in [3.05, 3.63) is 96.3 Å². The Labute approximate surface area is 147 Å². The summed E-state index contributed by atoms with van der Waals surface area (Å²) >= 11 is 0. The van der Waals surface area contributed by atoms with Crippen molar-refractivity contribution in [1.29, 1.82) is 0 Å². The number of ether oxygens (including phenoxy) is 1. The van der Waals surface area contributed by atoms with E-state index in [-0.39, 0.29) is 11.9 Å². The maximum atomic E-state index is 12.6. The second-order valence-electron chi connectivity index (χ2n) is 5.68. The van der Waals surface area contributed by atoms with Crippen molar-refractivity contribution in [2.75, 3.05) is 0 Å². The molecule has 3 rings (SSSR count). The predicted molar refractivity (Wildman–Crippen MR) is 97.2 cm³/mol. The molecule has 4 heteroatoms. The molecule has 1 N–H and O–H groups in total. The largest absolute Gasteiger partial charge is 0.481 e. The van der Waals surface area contributed by atoms with Gasteiger partial charge in [0.05, 0.1) is 11.7 Å². The van der Waals surface area contributed by atoms with Crippen LogP contribution in [0.3, 0.4) is 0 Å². The van der Waals surface area contributed by atoms with Crippen molar-refractivity contribution < 1.29 is 9.53 Å². The first-order valence-corrected chi connectivity index (χ1v) is 8.22. The number of aromatic nitrogens is 1. The molecule has 2 aromatic carbocycles. The van der Waals surface area contributed by atoms with Gasteiger partial charge in [-0.25, -0.2) is 0 Å². The van der Waals surface area contributed by atoms with E-state index in [4.69, 9.17) is 4.74 Å². The van der Waals surface area contributed by atoms with E-state index in [1.807, 2.05) is 78.9 Å². The van der Waals surface area contributed by atoms with Gasteiger partial charge in [-0.2, -0.15) is 0 Å². The molecule has 0 fully saturated rings. The van der Waals surface area contributed by atoms with Crippen molar-refractivity contribution in [1.82, 2.24) is 10.3 Å². The van der Waals surface area contributed by atoms with Crippen LogP contribution in [-0.2, 0) is 4.79 Å². The molecule has 0 unspecified atom stereocenters. The molecule has 0 spiro atoms. The van der Waals surface area contributed by atoms with Crippen molar-refractivity contribution in [2.45, 2.75) is 19.1 Å². The van der Waals surface area contributed by atoms with E-state index < -0.39 is 6.10 Å². The average Bonchev–Trinajstić information content (AvgIpc) is 2.68. The Balaban J connectivity index is 1.77. The third-order valence-electron chi connectivity index (χ3n) is 3.83. The van der Waals surface area contributed by atoms with Crippen LogP contribution in [0.5, 0.6) is 5.75 Å². The van der Waals surface area contributed by atoms with E-state index in [0.717, 1.165) is 11.3 Å². The first-order chi connectivity index (χ1) is 12.2. The van der Waals surface area contributed by atoms with Crippen LogP contribution < -0.4 is 10.1 Å². The zero-order chi connectivity index (χ0) is 17.5. The van der Waals surface area contributed by atoms with E-state index in [2.05, 4.69) is 10.3 Å². The quantitative estimate of drug-likeness (QED) is 0.748. The van der Waals surface area contributed by atoms with Gasteiger partial charge < -0.3 is 10.1 Å². The molecule has 1 aromatic heterocycles. The highest BCUT2D eigenvalue weighted by Gasteiger charge is 2.22. The fourth-order valence-electron chi connectivity index (χ4n) is 2.54. The van der Waals surface area contributed by atoms with Gasteiger partial charge in [0.1, 0.15) is 5.75 Å². The number of benzene rings is 2. The number of hydrogen-bond donors (Lipinski definition) is 1. The molecule has 2 atom stereocenters. The lowest BCUT2D eigenvalue weighted by Gasteiger charge is -2.21. The Morgan fingerprint density at radius 3 is 2.20 bits per heavy atom. The van der Waals surface area contributed by atoms with Crippen LogP contribution in [0.25, 0.3) is 0 Å². The van der Waals surface area contributed by atoms with Gasteiger partial charge in [-0.3, -0.25) is 9.78 Å². The highest BCUT2D eigenvalue weighted by atomic mass is 16.5. The lowest BCUT2D eigenvalue weighted by atomic mass is 10.0. The fourth-order valence-corrected chi connectivity index (χ4v) is 2.54. The zero-order valence-corrected chi connectivity index (χ0v) is 14.0. The Morgan fingerprint density at radius 1 is 0.920 bits per heavy atom. The number of nitrogens with one attached hydrogen (secondary N) is 1. The second kappa shape index (κ2) is 8.11. The Kier molecular flexibility index (Phi) is 5.42. The minimum atomic E-state index is -0.614. The standard InChI is InChI=1S/C21H20N2O2/c1-16(25-18-12-6-3-7-13-18)21(24)23-20(17-10-4-2-5-11-17)19-14-8-9-15-22-19/h2-16,20H,1H3,(H,23,24)/t16-,20-/m0/s1. The van der Waals surface area contributed by atoms with Gasteiger partial charge in [0.2, 0.25) is 0 Å². The van der Waals surface area contributed by atoms with E-state index in [0.29, 0.717) is 5.75 Å². The van der Waals surface area contributed by atoms with Crippen molar-refractivity contribution >= 4 is 5.91 Å². The van der Waals surface area contributed by atoms with Gasteiger partial charge in [0.15, 0.2) is 6.10 Å². The molecule has 4 nitrogen and oxygen atoms in total. The molecule has 0 aliphatic heterocycles. The molecule has 0 radical (unpaired) electrons. The number of carbonyl (C=O) groups is 1. The minimum Gasteiger partial charge on any atom is -0.481 e. The summed E-state index contributed by atoms with van der Waals surface area (Å²) in [5.41, 5.74) is 1.76. The molecule has 25 heavy (non-hydrogen) atoms. The van der Waals surface area contributed by atoms with E-state index in [1.54, 1.807) is 13.1 Å². The molecule has 3 aromatic rings. The molecule has 0 saturated carbocycles. The number of amides is 1. The number of para-hydroxylation sites is 1. The molecule has 0 aliphatic rings. The van der Waals surface area contributed by atoms with Gasteiger partial charge in [-0.05, 0) is 36.8 Å².